The van der Waals surface area contributed by atoms with Crippen LogP contribution in [0.15, 0.2) is 0 Å². The second-order valence-corrected chi connectivity index (χ2v) is 6.25. The van der Waals surface area contributed by atoms with E-state index in [0.717, 1.165) is 0 Å². The van der Waals surface area contributed by atoms with E-state index < -0.39 is 29.3 Å². The molecule has 1 N–H and O–H groups in total. The first-order valence-corrected chi connectivity index (χ1v) is 6.50. The van der Waals surface area contributed by atoms with Crippen molar-refractivity contribution >= 4 is 0 Å². The van der Waals surface area contributed by atoms with Gasteiger partial charge in [0.25, 0.3) is 0 Å². The Morgan fingerprint density at radius 3 is 2.17 bits per heavy atom. The largest absolute Gasteiger partial charge is 0.404 e. The molecule has 0 bridgehead atoms. The summed E-state index contributed by atoms with van der Waals surface area (Å²) >= 11 is 0. The number of hydrogen-bond acceptors (Lipinski definition) is 2. The van der Waals surface area contributed by atoms with E-state index in [1.54, 1.807) is 13.8 Å². The summed E-state index contributed by atoms with van der Waals surface area (Å²) in [7, 11) is 0. The minimum absolute atomic E-state index is 0.372. The summed E-state index contributed by atoms with van der Waals surface area (Å²) in [5, 5.41) is 2.64. The van der Waals surface area contributed by atoms with Gasteiger partial charge in [0.2, 0.25) is 0 Å². The SMILES string of the molecule is CCCNC(C1CC(C)(C)OC1(C)C)C(F)(F)F. The lowest BCUT2D eigenvalue weighted by Gasteiger charge is -2.34. The van der Waals surface area contributed by atoms with E-state index in [0.29, 0.717) is 19.4 Å². The normalized spacial score (nSPS) is 28.3. The average molecular weight is 267 g/mol. The molecule has 0 spiro atoms. The van der Waals surface area contributed by atoms with E-state index >= 15 is 0 Å². The first-order valence-electron chi connectivity index (χ1n) is 6.50. The summed E-state index contributed by atoms with van der Waals surface area (Å²) in [6.45, 7) is 9.43. The van der Waals surface area contributed by atoms with Gasteiger partial charge in [-0.25, -0.2) is 0 Å². The number of halogens is 3. The quantitative estimate of drug-likeness (QED) is 0.841. The molecule has 18 heavy (non-hydrogen) atoms. The second-order valence-electron chi connectivity index (χ2n) is 6.25. The summed E-state index contributed by atoms with van der Waals surface area (Å²) < 4.78 is 45.3. The van der Waals surface area contributed by atoms with Gasteiger partial charge in [-0.2, -0.15) is 13.2 Å². The standard InChI is InChI=1S/C13H24F3NO/c1-6-7-17-10(13(14,15)16)9-8-11(2,3)18-12(9,4)5/h9-10,17H,6-8H2,1-5H3. The number of hydrogen-bond donors (Lipinski definition) is 1. The van der Waals surface area contributed by atoms with Gasteiger partial charge in [-0.05, 0) is 47.1 Å². The molecule has 1 saturated heterocycles. The first-order chi connectivity index (χ1) is 7.99. The number of nitrogens with one attached hydrogen (secondary N) is 1. The van der Waals surface area contributed by atoms with E-state index in [4.69, 9.17) is 4.74 Å². The minimum Gasteiger partial charge on any atom is -0.369 e. The van der Waals surface area contributed by atoms with E-state index in [1.807, 2.05) is 20.8 Å². The molecule has 0 aliphatic carbocycles. The third-order valence-corrected chi connectivity index (χ3v) is 3.51. The predicted molar refractivity (Wildman–Crippen MR) is 65.5 cm³/mol. The van der Waals surface area contributed by atoms with Crippen LogP contribution in [0, 0.1) is 5.92 Å². The Bertz CT molecular complexity index is 286. The number of ether oxygens (including phenoxy) is 1. The lowest BCUT2D eigenvalue weighted by atomic mass is 9.81. The molecule has 2 atom stereocenters. The van der Waals surface area contributed by atoms with Gasteiger partial charge < -0.3 is 10.1 Å². The molecule has 5 heteroatoms. The Labute approximate surface area is 107 Å². The summed E-state index contributed by atoms with van der Waals surface area (Å²) in [6, 6.07) is -1.49. The van der Waals surface area contributed by atoms with E-state index in [2.05, 4.69) is 5.32 Å². The Balaban J connectivity index is 2.92. The van der Waals surface area contributed by atoms with Crippen LogP contribution in [0.2, 0.25) is 0 Å². The van der Waals surface area contributed by atoms with Crippen molar-refractivity contribution in [3.8, 4) is 0 Å². The maximum Gasteiger partial charge on any atom is 0.404 e. The highest BCUT2D eigenvalue weighted by atomic mass is 19.4. The van der Waals surface area contributed by atoms with Crippen LogP contribution in [0.5, 0.6) is 0 Å². The van der Waals surface area contributed by atoms with Crippen LogP contribution in [0.3, 0.4) is 0 Å². The Kier molecular flexibility index (Phi) is 4.38. The highest BCUT2D eigenvalue weighted by Crippen LogP contribution is 2.46. The Hall–Kier alpha value is -0.290. The second kappa shape index (κ2) is 5.00. The van der Waals surface area contributed by atoms with Gasteiger partial charge in [-0.1, -0.05) is 6.92 Å². The molecule has 1 aliphatic heterocycles. The maximum absolute atomic E-state index is 13.2. The van der Waals surface area contributed by atoms with E-state index in [-0.39, 0.29) is 0 Å². The van der Waals surface area contributed by atoms with Crippen molar-refractivity contribution in [2.75, 3.05) is 6.54 Å². The van der Waals surface area contributed by atoms with Crippen LogP contribution < -0.4 is 5.32 Å². The number of rotatable bonds is 4. The third kappa shape index (κ3) is 3.60. The van der Waals surface area contributed by atoms with Crippen LogP contribution in [0.25, 0.3) is 0 Å². The molecule has 1 aliphatic rings. The highest BCUT2D eigenvalue weighted by Gasteiger charge is 2.56. The lowest BCUT2D eigenvalue weighted by molar-refractivity contribution is -0.180. The van der Waals surface area contributed by atoms with Crippen LogP contribution in [0.4, 0.5) is 13.2 Å². The smallest absolute Gasteiger partial charge is 0.369 e. The van der Waals surface area contributed by atoms with Gasteiger partial charge >= 0.3 is 6.18 Å². The number of alkyl halides is 3. The monoisotopic (exact) mass is 267 g/mol. The van der Waals surface area contributed by atoms with Gasteiger partial charge in [-0.3, -0.25) is 0 Å². The molecular formula is C13H24F3NO. The van der Waals surface area contributed by atoms with Gasteiger partial charge in [0.05, 0.1) is 11.2 Å². The molecule has 0 aromatic heterocycles. The van der Waals surface area contributed by atoms with Crippen molar-refractivity contribution in [2.45, 2.75) is 70.9 Å². The lowest BCUT2D eigenvalue weighted by Crippen LogP contribution is -2.52. The molecule has 2 nitrogen and oxygen atoms in total. The molecule has 2 unspecified atom stereocenters. The molecule has 0 aromatic carbocycles. The molecule has 108 valence electrons. The summed E-state index contributed by atoms with van der Waals surface area (Å²) in [5.41, 5.74) is -1.25. The molecule has 0 saturated carbocycles. The fourth-order valence-corrected chi connectivity index (χ4v) is 2.91. The topological polar surface area (TPSA) is 21.3 Å². The van der Waals surface area contributed by atoms with Gasteiger partial charge in [0.1, 0.15) is 6.04 Å². The van der Waals surface area contributed by atoms with Crippen molar-refractivity contribution in [2.24, 2.45) is 5.92 Å². The van der Waals surface area contributed by atoms with Crippen LogP contribution in [-0.4, -0.2) is 30.0 Å². The van der Waals surface area contributed by atoms with Gasteiger partial charge in [0.15, 0.2) is 0 Å². The third-order valence-electron chi connectivity index (χ3n) is 3.51. The van der Waals surface area contributed by atoms with E-state index in [1.165, 1.54) is 0 Å². The fourth-order valence-electron chi connectivity index (χ4n) is 2.91. The summed E-state index contributed by atoms with van der Waals surface area (Å²) in [4.78, 5) is 0. The van der Waals surface area contributed by atoms with Crippen molar-refractivity contribution in [1.29, 1.82) is 0 Å². The van der Waals surface area contributed by atoms with Crippen LogP contribution in [-0.2, 0) is 4.74 Å². The van der Waals surface area contributed by atoms with Crippen LogP contribution >= 0.6 is 0 Å². The zero-order valence-corrected chi connectivity index (χ0v) is 11.8. The van der Waals surface area contributed by atoms with Crippen molar-refractivity contribution in [1.82, 2.24) is 5.32 Å². The highest BCUT2D eigenvalue weighted by molar-refractivity contribution is 5.01. The molecule has 1 rings (SSSR count). The van der Waals surface area contributed by atoms with Gasteiger partial charge in [-0.15, -0.1) is 0 Å². The van der Waals surface area contributed by atoms with Gasteiger partial charge in [0, 0.05) is 5.92 Å². The molecular weight excluding hydrogens is 243 g/mol. The minimum atomic E-state index is -4.24. The molecule has 0 aromatic rings. The summed E-state index contributed by atoms with van der Waals surface area (Å²) in [5.74, 6) is -0.556. The zero-order chi connectivity index (χ0) is 14.2. The van der Waals surface area contributed by atoms with Crippen LogP contribution in [0.1, 0.15) is 47.5 Å². The molecule has 0 amide bonds. The average Bonchev–Trinajstić information content (AvgIpc) is 2.33. The van der Waals surface area contributed by atoms with Crippen molar-refractivity contribution in [3.63, 3.8) is 0 Å². The molecule has 0 radical (unpaired) electrons. The molecule has 1 fully saturated rings. The predicted octanol–water partition coefficient (Wildman–Crippen LogP) is 3.51. The maximum atomic E-state index is 13.2. The first kappa shape index (κ1) is 15.8. The fraction of sp³-hybridized carbons (Fsp3) is 1.00. The molecule has 1 heterocycles. The zero-order valence-electron chi connectivity index (χ0n) is 11.8. The van der Waals surface area contributed by atoms with Crippen molar-refractivity contribution < 1.29 is 17.9 Å². The Morgan fingerprint density at radius 2 is 1.83 bits per heavy atom. The van der Waals surface area contributed by atoms with Crippen molar-refractivity contribution in [3.05, 3.63) is 0 Å². The summed E-state index contributed by atoms with van der Waals surface area (Å²) in [6.07, 6.45) is -3.13. The van der Waals surface area contributed by atoms with E-state index in [9.17, 15) is 13.2 Å². The Morgan fingerprint density at radius 1 is 1.28 bits per heavy atom.